The van der Waals surface area contributed by atoms with E-state index in [1.807, 2.05) is 23.3 Å². The number of aromatic nitrogens is 4. The first-order valence-electron chi connectivity index (χ1n) is 6.36. The maximum atomic E-state index is 4.43. The Kier molecular flexibility index (Phi) is 4.66. The zero-order valence-electron chi connectivity index (χ0n) is 11.3. The molecule has 0 spiro atoms. The number of hydrogen-bond donors (Lipinski definition) is 1. The molecule has 0 fully saturated rings. The Morgan fingerprint density at radius 1 is 1.26 bits per heavy atom. The zero-order valence-corrected chi connectivity index (χ0v) is 12.9. The number of hydrogen-bond acceptors (Lipinski definition) is 4. The summed E-state index contributed by atoms with van der Waals surface area (Å²) in [4.78, 5) is 8.21. The van der Waals surface area contributed by atoms with E-state index in [0.717, 1.165) is 22.3 Å². The highest BCUT2D eigenvalue weighted by Gasteiger charge is 2.22. The van der Waals surface area contributed by atoms with E-state index in [-0.39, 0.29) is 6.04 Å². The monoisotopic (exact) mass is 323 g/mol. The van der Waals surface area contributed by atoms with E-state index in [1.54, 1.807) is 6.33 Å². The smallest absolute Gasteiger partial charge is 0.115 e. The van der Waals surface area contributed by atoms with Gasteiger partial charge in [0.25, 0.3) is 0 Å². The SMILES string of the molecule is CCNC(c1cncnc1)c1c(Br)cnn1C(C)C. The third-order valence-corrected chi connectivity index (χ3v) is 3.48. The second-order valence-electron chi connectivity index (χ2n) is 4.58. The Morgan fingerprint density at radius 3 is 2.53 bits per heavy atom. The van der Waals surface area contributed by atoms with Gasteiger partial charge in [0.2, 0.25) is 0 Å². The molecule has 2 aromatic heterocycles. The first-order chi connectivity index (χ1) is 9.15. The predicted octanol–water partition coefficient (Wildman–Crippen LogP) is 2.72. The highest BCUT2D eigenvalue weighted by Crippen LogP contribution is 2.29. The first kappa shape index (κ1) is 14.1. The van der Waals surface area contributed by atoms with Gasteiger partial charge in [-0.05, 0) is 36.3 Å². The molecule has 5 nitrogen and oxygen atoms in total. The minimum atomic E-state index is 0.0328. The molecule has 0 saturated heterocycles. The van der Waals surface area contributed by atoms with E-state index in [4.69, 9.17) is 0 Å². The molecule has 1 atom stereocenters. The summed E-state index contributed by atoms with van der Waals surface area (Å²) in [6.45, 7) is 7.18. The van der Waals surface area contributed by atoms with Crippen LogP contribution in [0.15, 0.2) is 29.4 Å². The summed E-state index contributed by atoms with van der Waals surface area (Å²) in [5.41, 5.74) is 2.14. The largest absolute Gasteiger partial charge is 0.305 e. The van der Waals surface area contributed by atoms with Gasteiger partial charge in [-0.25, -0.2) is 9.97 Å². The second kappa shape index (κ2) is 6.25. The van der Waals surface area contributed by atoms with Crippen molar-refractivity contribution in [2.24, 2.45) is 0 Å². The van der Waals surface area contributed by atoms with E-state index < -0.39 is 0 Å². The highest BCUT2D eigenvalue weighted by atomic mass is 79.9. The summed E-state index contributed by atoms with van der Waals surface area (Å²) in [5, 5.41) is 7.90. The maximum absolute atomic E-state index is 4.43. The van der Waals surface area contributed by atoms with Gasteiger partial charge in [-0.15, -0.1) is 0 Å². The Morgan fingerprint density at radius 2 is 1.95 bits per heavy atom. The van der Waals surface area contributed by atoms with Gasteiger partial charge in [0, 0.05) is 24.0 Å². The molecule has 1 unspecified atom stereocenters. The zero-order chi connectivity index (χ0) is 13.8. The lowest BCUT2D eigenvalue weighted by Gasteiger charge is -2.21. The van der Waals surface area contributed by atoms with Crippen LogP contribution in [0.25, 0.3) is 0 Å². The van der Waals surface area contributed by atoms with E-state index >= 15 is 0 Å². The minimum Gasteiger partial charge on any atom is -0.305 e. The molecule has 19 heavy (non-hydrogen) atoms. The molecule has 0 aliphatic heterocycles. The first-order valence-corrected chi connectivity index (χ1v) is 7.15. The van der Waals surface area contributed by atoms with Crippen LogP contribution in [-0.2, 0) is 0 Å². The van der Waals surface area contributed by atoms with E-state index in [2.05, 4.69) is 57.1 Å². The summed E-state index contributed by atoms with van der Waals surface area (Å²) in [6, 6.07) is 0.331. The molecule has 0 saturated carbocycles. The standard InChI is InChI=1S/C13H18BrN5/c1-4-17-12(10-5-15-8-16-6-10)13-11(14)7-18-19(13)9(2)3/h5-9,12,17H,4H2,1-3H3. The van der Waals surface area contributed by atoms with Crippen LogP contribution in [0, 0.1) is 0 Å². The summed E-state index contributed by atoms with van der Waals surface area (Å²) in [6.07, 6.45) is 7.06. The van der Waals surface area contributed by atoms with Gasteiger partial charge in [-0.3, -0.25) is 4.68 Å². The van der Waals surface area contributed by atoms with Crippen LogP contribution in [0.2, 0.25) is 0 Å². The van der Waals surface area contributed by atoms with Crippen LogP contribution in [0.1, 0.15) is 44.1 Å². The lowest BCUT2D eigenvalue weighted by Crippen LogP contribution is -2.26. The summed E-state index contributed by atoms with van der Waals surface area (Å²) in [7, 11) is 0. The van der Waals surface area contributed by atoms with Crippen molar-refractivity contribution in [2.45, 2.75) is 32.9 Å². The molecular formula is C13H18BrN5. The van der Waals surface area contributed by atoms with Crippen molar-refractivity contribution in [3.63, 3.8) is 0 Å². The van der Waals surface area contributed by atoms with Crippen molar-refractivity contribution in [1.82, 2.24) is 25.1 Å². The van der Waals surface area contributed by atoms with Crippen molar-refractivity contribution in [1.29, 1.82) is 0 Å². The van der Waals surface area contributed by atoms with Crippen LogP contribution in [-0.4, -0.2) is 26.3 Å². The van der Waals surface area contributed by atoms with E-state index in [9.17, 15) is 0 Å². The van der Waals surface area contributed by atoms with Gasteiger partial charge < -0.3 is 5.32 Å². The van der Waals surface area contributed by atoms with Crippen molar-refractivity contribution < 1.29 is 0 Å². The van der Waals surface area contributed by atoms with E-state index in [0.29, 0.717) is 6.04 Å². The molecule has 6 heteroatoms. The summed E-state index contributed by atoms with van der Waals surface area (Å²) in [5.74, 6) is 0. The normalized spacial score (nSPS) is 12.9. The summed E-state index contributed by atoms with van der Waals surface area (Å²) >= 11 is 3.59. The van der Waals surface area contributed by atoms with Crippen LogP contribution in [0.5, 0.6) is 0 Å². The molecule has 0 bridgehead atoms. The minimum absolute atomic E-state index is 0.0328. The van der Waals surface area contributed by atoms with Gasteiger partial charge in [0.1, 0.15) is 6.33 Å². The molecule has 0 amide bonds. The van der Waals surface area contributed by atoms with Crippen molar-refractivity contribution in [2.75, 3.05) is 6.54 Å². The van der Waals surface area contributed by atoms with Gasteiger partial charge in [0.05, 0.1) is 22.4 Å². The lowest BCUT2D eigenvalue weighted by atomic mass is 10.1. The average molecular weight is 324 g/mol. The Bertz CT molecular complexity index is 523. The fraction of sp³-hybridized carbons (Fsp3) is 0.462. The summed E-state index contributed by atoms with van der Waals surface area (Å²) < 4.78 is 3.01. The fourth-order valence-electron chi connectivity index (χ4n) is 2.07. The molecule has 0 aliphatic carbocycles. The molecule has 0 aliphatic rings. The van der Waals surface area contributed by atoms with Crippen LogP contribution in [0.4, 0.5) is 0 Å². The molecule has 0 radical (unpaired) electrons. The fourth-order valence-corrected chi connectivity index (χ4v) is 2.57. The van der Waals surface area contributed by atoms with Crippen LogP contribution >= 0.6 is 15.9 Å². The van der Waals surface area contributed by atoms with Gasteiger partial charge >= 0.3 is 0 Å². The number of halogens is 1. The van der Waals surface area contributed by atoms with Crippen molar-refractivity contribution >= 4 is 15.9 Å². The average Bonchev–Trinajstić information content (AvgIpc) is 2.79. The lowest BCUT2D eigenvalue weighted by molar-refractivity contribution is 0.474. The molecule has 2 aromatic rings. The maximum Gasteiger partial charge on any atom is 0.115 e. The van der Waals surface area contributed by atoms with Gasteiger partial charge in [0.15, 0.2) is 0 Å². The van der Waals surface area contributed by atoms with Crippen molar-refractivity contribution in [3.05, 3.63) is 40.6 Å². The molecule has 1 N–H and O–H groups in total. The molecule has 2 rings (SSSR count). The number of nitrogens with one attached hydrogen (secondary N) is 1. The molecule has 102 valence electrons. The highest BCUT2D eigenvalue weighted by molar-refractivity contribution is 9.10. The van der Waals surface area contributed by atoms with Gasteiger partial charge in [-0.2, -0.15) is 5.10 Å². The quantitative estimate of drug-likeness (QED) is 0.919. The third kappa shape index (κ3) is 3.01. The number of rotatable bonds is 5. The topological polar surface area (TPSA) is 55.6 Å². The molecule has 2 heterocycles. The van der Waals surface area contributed by atoms with Crippen LogP contribution < -0.4 is 5.32 Å². The number of nitrogens with zero attached hydrogens (tertiary/aromatic N) is 4. The third-order valence-electron chi connectivity index (χ3n) is 2.87. The molecule has 0 aromatic carbocycles. The Hall–Kier alpha value is -1.27. The Labute approximate surface area is 121 Å². The van der Waals surface area contributed by atoms with E-state index in [1.165, 1.54) is 0 Å². The predicted molar refractivity (Wildman–Crippen MR) is 77.9 cm³/mol. The molecular weight excluding hydrogens is 306 g/mol. The van der Waals surface area contributed by atoms with Crippen LogP contribution in [0.3, 0.4) is 0 Å². The Balaban J connectivity index is 2.48. The van der Waals surface area contributed by atoms with Crippen molar-refractivity contribution in [3.8, 4) is 0 Å². The second-order valence-corrected chi connectivity index (χ2v) is 5.43. The van der Waals surface area contributed by atoms with Gasteiger partial charge in [-0.1, -0.05) is 6.92 Å².